The van der Waals surface area contributed by atoms with Gasteiger partial charge in [-0.3, -0.25) is 4.79 Å². The van der Waals surface area contributed by atoms with Gasteiger partial charge in [0.25, 0.3) is 5.91 Å². The third-order valence-electron chi connectivity index (χ3n) is 3.50. The van der Waals surface area contributed by atoms with Crippen LogP contribution in [0.3, 0.4) is 0 Å². The molecule has 8 heteroatoms. The van der Waals surface area contributed by atoms with Crippen molar-refractivity contribution in [2.75, 3.05) is 12.8 Å². The second kappa shape index (κ2) is 7.69. The number of carbonyl (C=O) groups is 1. The minimum Gasteiger partial charge on any atom is -0.399 e. The summed E-state index contributed by atoms with van der Waals surface area (Å²) in [5.41, 5.74) is 8.10. The lowest BCUT2D eigenvalue weighted by atomic mass is 10.3. The number of nitrogen functional groups attached to an aromatic ring is 1. The predicted molar refractivity (Wildman–Crippen MR) is 99.2 cm³/mol. The van der Waals surface area contributed by atoms with Crippen molar-refractivity contribution in [3.8, 4) is 5.69 Å². The molecular weight excluding hydrogens is 360 g/mol. The molecule has 0 bridgehead atoms. The van der Waals surface area contributed by atoms with Crippen LogP contribution in [0.25, 0.3) is 5.69 Å². The van der Waals surface area contributed by atoms with Crippen LogP contribution < -0.4 is 11.1 Å². The summed E-state index contributed by atoms with van der Waals surface area (Å²) in [5, 5.41) is 2.85. The average Bonchev–Trinajstić information content (AvgIpc) is 3.20. The summed E-state index contributed by atoms with van der Waals surface area (Å²) in [6.07, 6.45) is 1.88. The number of anilines is 1. The van der Waals surface area contributed by atoms with E-state index in [0.29, 0.717) is 28.1 Å². The van der Waals surface area contributed by atoms with Gasteiger partial charge in [0.05, 0.1) is 21.5 Å². The highest BCUT2D eigenvalue weighted by atomic mass is 35.5. The molecule has 0 radical (unpaired) electrons. The van der Waals surface area contributed by atoms with Crippen molar-refractivity contribution in [1.82, 2.24) is 14.9 Å². The normalized spacial score (nSPS) is 10.8. The number of hydrogen-bond donors (Lipinski definition) is 2. The van der Waals surface area contributed by atoms with E-state index in [1.54, 1.807) is 19.2 Å². The van der Waals surface area contributed by atoms with Gasteiger partial charge in [0.15, 0.2) is 0 Å². The lowest BCUT2D eigenvalue weighted by Crippen LogP contribution is -2.21. The molecular formula is C17H17ClN4O2S. The molecule has 3 N–H and O–H groups in total. The first kappa shape index (κ1) is 17.5. The fraction of sp³-hybridized carbons (Fsp3) is 0.176. The van der Waals surface area contributed by atoms with Gasteiger partial charge >= 0.3 is 0 Å². The van der Waals surface area contributed by atoms with Crippen molar-refractivity contribution in [2.45, 2.75) is 13.2 Å². The molecule has 25 heavy (non-hydrogen) atoms. The molecule has 6 nitrogen and oxygen atoms in total. The van der Waals surface area contributed by atoms with Crippen LogP contribution in [0.2, 0.25) is 4.34 Å². The zero-order valence-electron chi connectivity index (χ0n) is 13.5. The van der Waals surface area contributed by atoms with Crippen molar-refractivity contribution in [2.24, 2.45) is 0 Å². The van der Waals surface area contributed by atoms with Gasteiger partial charge in [0, 0.05) is 24.7 Å². The Morgan fingerprint density at radius 1 is 1.32 bits per heavy atom. The van der Waals surface area contributed by atoms with Crippen molar-refractivity contribution in [3.63, 3.8) is 0 Å². The quantitative estimate of drug-likeness (QED) is 0.647. The van der Waals surface area contributed by atoms with Gasteiger partial charge in [-0.25, -0.2) is 4.98 Å². The zero-order chi connectivity index (χ0) is 17.8. The highest BCUT2D eigenvalue weighted by molar-refractivity contribution is 7.17. The molecule has 0 atom stereocenters. The van der Waals surface area contributed by atoms with E-state index in [-0.39, 0.29) is 5.91 Å². The first-order valence-corrected chi connectivity index (χ1v) is 8.72. The number of halogens is 1. The SMILES string of the molecule is COCc1nc(CNC(=O)c2ccc(Cl)s2)cn1-c1ccc(N)cc1. The summed E-state index contributed by atoms with van der Waals surface area (Å²) >= 11 is 7.10. The summed E-state index contributed by atoms with van der Waals surface area (Å²) in [5.74, 6) is 0.572. The number of nitrogens with zero attached hydrogens (tertiary/aromatic N) is 2. The van der Waals surface area contributed by atoms with E-state index in [1.165, 1.54) is 11.3 Å². The molecule has 1 amide bonds. The molecule has 0 aliphatic carbocycles. The van der Waals surface area contributed by atoms with E-state index in [9.17, 15) is 4.79 Å². The van der Waals surface area contributed by atoms with Crippen molar-refractivity contribution in [1.29, 1.82) is 0 Å². The topological polar surface area (TPSA) is 82.2 Å². The number of nitrogens with two attached hydrogens (primary N) is 1. The van der Waals surface area contributed by atoms with Crippen LogP contribution in [-0.2, 0) is 17.9 Å². The fourth-order valence-corrected chi connectivity index (χ4v) is 3.30. The number of rotatable bonds is 6. The van der Waals surface area contributed by atoms with Gasteiger partial charge < -0.3 is 20.4 Å². The molecule has 0 unspecified atom stereocenters. The molecule has 130 valence electrons. The van der Waals surface area contributed by atoms with E-state index >= 15 is 0 Å². The number of benzene rings is 1. The molecule has 0 aliphatic rings. The standard InChI is InChI=1S/C17H17ClN4O2S/c1-24-10-16-21-12(8-20-17(23)14-6-7-15(18)25-14)9-22(16)13-4-2-11(19)3-5-13/h2-7,9H,8,10,19H2,1H3,(H,20,23). The average molecular weight is 377 g/mol. The Labute approximate surface area is 154 Å². The maximum atomic E-state index is 12.1. The third kappa shape index (κ3) is 4.19. The van der Waals surface area contributed by atoms with Gasteiger partial charge in [0.1, 0.15) is 12.4 Å². The van der Waals surface area contributed by atoms with Gasteiger partial charge in [-0.05, 0) is 36.4 Å². The number of ether oxygens (including phenoxy) is 1. The Hall–Kier alpha value is -2.35. The van der Waals surface area contributed by atoms with E-state index in [4.69, 9.17) is 22.1 Å². The molecule has 1 aromatic carbocycles. The predicted octanol–water partition coefficient (Wildman–Crippen LogP) is 3.25. The van der Waals surface area contributed by atoms with Gasteiger partial charge in [-0.15, -0.1) is 11.3 Å². The molecule has 0 spiro atoms. The number of carbonyl (C=O) groups excluding carboxylic acids is 1. The molecule has 3 aromatic rings. The van der Waals surface area contributed by atoms with Crippen molar-refractivity contribution in [3.05, 3.63) is 63.3 Å². The minimum atomic E-state index is -0.174. The first-order chi connectivity index (χ1) is 12.1. The Kier molecular flexibility index (Phi) is 5.37. The number of amides is 1. The molecule has 0 saturated carbocycles. The van der Waals surface area contributed by atoms with Crippen LogP contribution in [0, 0.1) is 0 Å². The maximum Gasteiger partial charge on any atom is 0.261 e. The lowest BCUT2D eigenvalue weighted by Gasteiger charge is -2.07. The number of imidazole rings is 1. The van der Waals surface area contributed by atoms with Crippen LogP contribution in [0.15, 0.2) is 42.6 Å². The van der Waals surface area contributed by atoms with Crippen molar-refractivity contribution >= 4 is 34.5 Å². The lowest BCUT2D eigenvalue weighted by molar-refractivity contribution is 0.0954. The van der Waals surface area contributed by atoms with Crippen molar-refractivity contribution < 1.29 is 9.53 Å². The molecule has 2 aromatic heterocycles. The Balaban J connectivity index is 1.76. The Morgan fingerprint density at radius 2 is 2.08 bits per heavy atom. The number of methoxy groups -OCH3 is 1. The summed E-state index contributed by atoms with van der Waals surface area (Å²) in [6.45, 7) is 0.673. The molecule has 0 saturated heterocycles. The largest absolute Gasteiger partial charge is 0.399 e. The third-order valence-corrected chi connectivity index (χ3v) is 4.73. The number of aromatic nitrogens is 2. The highest BCUT2D eigenvalue weighted by Crippen LogP contribution is 2.21. The monoisotopic (exact) mass is 376 g/mol. The first-order valence-electron chi connectivity index (χ1n) is 7.52. The van der Waals surface area contributed by atoms with E-state index in [1.807, 2.05) is 35.0 Å². The molecule has 0 fully saturated rings. The van der Waals surface area contributed by atoms with Crippen LogP contribution in [0.4, 0.5) is 5.69 Å². The maximum absolute atomic E-state index is 12.1. The smallest absolute Gasteiger partial charge is 0.261 e. The van der Waals surface area contributed by atoms with Crippen LogP contribution in [0.1, 0.15) is 21.2 Å². The van der Waals surface area contributed by atoms with E-state index in [0.717, 1.165) is 17.2 Å². The van der Waals surface area contributed by atoms with Crippen LogP contribution >= 0.6 is 22.9 Å². The second-order valence-corrected chi connectivity index (χ2v) is 7.04. The highest BCUT2D eigenvalue weighted by Gasteiger charge is 2.12. The van der Waals surface area contributed by atoms with Crippen LogP contribution in [-0.4, -0.2) is 22.6 Å². The Morgan fingerprint density at radius 3 is 2.72 bits per heavy atom. The molecule has 2 heterocycles. The second-order valence-electron chi connectivity index (χ2n) is 5.33. The molecule has 3 rings (SSSR count). The van der Waals surface area contributed by atoms with Gasteiger partial charge in [-0.2, -0.15) is 0 Å². The Bertz CT molecular complexity index is 873. The zero-order valence-corrected chi connectivity index (χ0v) is 15.1. The van der Waals surface area contributed by atoms with Crippen LogP contribution in [0.5, 0.6) is 0 Å². The van der Waals surface area contributed by atoms with Gasteiger partial charge in [-0.1, -0.05) is 11.6 Å². The van der Waals surface area contributed by atoms with Gasteiger partial charge in [0.2, 0.25) is 0 Å². The van der Waals surface area contributed by atoms with E-state index < -0.39 is 0 Å². The minimum absolute atomic E-state index is 0.174. The van der Waals surface area contributed by atoms with E-state index in [2.05, 4.69) is 10.3 Å². The summed E-state index contributed by atoms with van der Waals surface area (Å²) < 4.78 is 7.72. The number of hydrogen-bond acceptors (Lipinski definition) is 5. The molecule has 0 aliphatic heterocycles. The number of thiophene rings is 1. The summed E-state index contributed by atoms with van der Waals surface area (Å²) in [6, 6.07) is 10.9. The summed E-state index contributed by atoms with van der Waals surface area (Å²) in [4.78, 5) is 17.2. The fourth-order valence-electron chi connectivity index (χ4n) is 2.34. The summed E-state index contributed by atoms with van der Waals surface area (Å²) in [7, 11) is 1.62. The number of nitrogens with one attached hydrogen (secondary N) is 1.